The number of rotatable bonds is 8. The van der Waals surface area contributed by atoms with Gasteiger partial charge >= 0.3 is 0 Å². The average Bonchev–Trinajstić information content (AvgIpc) is 3.13. The summed E-state index contributed by atoms with van der Waals surface area (Å²) in [6.45, 7) is 5.24. The van der Waals surface area contributed by atoms with E-state index in [1.54, 1.807) is 0 Å². The fraction of sp³-hybridized carbons (Fsp3) is 0.300. The minimum Gasteiger partial charge on any atom is -0.494 e. The van der Waals surface area contributed by atoms with Gasteiger partial charge < -0.3 is 14.6 Å². The van der Waals surface area contributed by atoms with E-state index >= 15 is 0 Å². The Labute approximate surface area is 158 Å². The van der Waals surface area contributed by atoms with Gasteiger partial charge in [-0.3, -0.25) is 0 Å². The Morgan fingerprint density at radius 2 is 1.81 bits per heavy atom. The summed E-state index contributed by atoms with van der Waals surface area (Å²) in [5.74, 6) is 1.96. The third-order valence-corrected chi connectivity index (χ3v) is 4.32. The lowest BCUT2D eigenvalue weighted by molar-refractivity contribution is 0.340. The van der Waals surface area contributed by atoms with Gasteiger partial charge in [0, 0.05) is 16.6 Å². The lowest BCUT2D eigenvalue weighted by Crippen LogP contribution is -2.20. The zero-order valence-corrected chi connectivity index (χ0v) is 15.7. The van der Waals surface area contributed by atoms with Gasteiger partial charge in [0.15, 0.2) is 0 Å². The van der Waals surface area contributed by atoms with Crippen molar-refractivity contribution in [1.82, 2.24) is 15.5 Å². The fourth-order valence-electron chi connectivity index (χ4n) is 2.71. The van der Waals surface area contributed by atoms with Gasteiger partial charge in [0.2, 0.25) is 11.7 Å². The smallest absolute Gasteiger partial charge is 0.240 e. The molecular formula is C20H22ClN3O2. The summed E-state index contributed by atoms with van der Waals surface area (Å²) in [6, 6.07) is 15.7. The number of nitrogens with zero attached hydrogens (tertiary/aromatic N) is 2. The Kier molecular flexibility index (Phi) is 6.26. The van der Waals surface area contributed by atoms with Crippen LogP contribution in [-0.2, 0) is 6.54 Å². The maximum Gasteiger partial charge on any atom is 0.240 e. The molecule has 0 amide bonds. The minimum absolute atomic E-state index is 0.202. The first kappa shape index (κ1) is 18.4. The number of hydrogen-bond acceptors (Lipinski definition) is 5. The minimum atomic E-state index is 0.202. The lowest BCUT2D eigenvalue weighted by Gasteiger charge is -2.16. The Hall–Kier alpha value is -2.37. The van der Waals surface area contributed by atoms with Crippen molar-refractivity contribution in [3.05, 3.63) is 65.0 Å². The van der Waals surface area contributed by atoms with Gasteiger partial charge in [-0.05, 0) is 55.3 Å². The maximum atomic E-state index is 5.96. The van der Waals surface area contributed by atoms with Crippen LogP contribution in [0.25, 0.3) is 11.4 Å². The van der Waals surface area contributed by atoms with Crippen LogP contribution in [0.15, 0.2) is 53.1 Å². The summed E-state index contributed by atoms with van der Waals surface area (Å²) < 4.78 is 10.8. The molecule has 3 aromatic rings. The zero-order valence-electron chi connectivity index (χ0n) is 14.9. The molecule has 1 unspecified atom stereocenters. The second-order valence-electron chi connectivity index (χ2n) is 5.86. The van der Waals surface area contributed by atoms with Crippen LogP contribution < -0.4 is 10.1 Å². The molecule has 0 fully saturated rings. The summed E-state index contributed by atoms with van der Waals surface area (Å²) >= 11 is 5.96. The van der Waals surface area contributed by atoms with Gasteiger partial charge in [-0.2, -0.15) is 4.98 Å². The molecule has 0 aliphatic heterocycles. The molecule has 1 atom stereocenters. The first-order valence-electron chi connectivity index (χ1n) is 8.74. The topological polar surface area (TPSA) is 60.2 Å². The monoisotopic (exact) mass is 371 g/mol. The van der Waals surface area contributed by atoms with E-state index in [2.05, 4.69) is 22.4 Å². The van der Waals surface area contributed by atoms with Crippen LogP contribution in [0.2, 0.25) is 5.02 Å². The zero-order chi connectivity index (χ0) is 18.4. The van der Waals surface area contributed by atoms with Gasteiger partial charge in [-0.1, -0.05) is 35.8 Å². The van der Waals surface area contributed by atoms with Crippen LogP contribution in [0.4, 0.5) is 0 Å². The summed E-state index contributed by atoms with van der Waals surface area (Å²) in [5.41, 5.74) is 2.08. The highest BCUT2D eigenvalue weighted by Crippen LogP contribution is 2.22. The number of ether oxygens (including phenoxy) is 1. The van der Waals surface area contributed by atoms with Crippen LogP contribution in [0.5, 0.6) is 5.75 Å². The van der Waals surface area contributed by atoms with E-state index in [1.165, 1.54) is 5.56 Å². The molecule has 0 spiro atoms. The molecule has 26 heavy (non-hydrogen) atoms. The van der Waals surface area contributed by atoms with Gasteiger partial charge in [0.25, 0.3) is 0 Å². The maximum absolute atomic E-state index is 5.96. The van der Waals surface area contributed by atoms with E-state index in [9.17, 15) is 0 Å². The lowest BCUT2D eigenvalue weighted by atomic mass is 10.0. The third-order valence-electron chi connectivity index (χ3n) is 4.07. The second kappa shape index (κ2) is 8.83. The van der Waals surface area contributed by atoms with Crippen molar-refractivity contribution in [2.24, 2.45) is 0 Å². The molecule has 0 saturated carbocycles. The fourth-order valence-corrected chi connectivity index (χ4v) is 2.84. The van der Waals surface area contributed by atoms with Crippen LogP contribution >= 0.6 is 11.6 Å². The largest absolute Gasteiger partial charge is 0.494 e. The quantitative estimate of drug-likeness (QED) is 0.601. The molecule has 1 N–H and O–H groups in total. The molecule has 6 heteroatoms. The molecule has 2 aromatic carbocycles. The van der Waals surface area contributed by atoms with Gasteiger partial charge in [-0.25, -0.2) is 0 Å². The van der Waals surface area contributed by atoms with Crippen molar-refractivity contribution in [2.75, 3.05) is 6.61 Å². The molecule has 5 nitrogen and oxygen atoms in total. The van der Waals surface area contributed by atoms with E-state index in [0.29, 0.717) is 24.9 Å². The molecular weight excluding hydrogens is 350 g/mol. The van der Waals surface area contributed by atoms with Gasteiger partial charge in [-0.15, -0.1) is 0 Å². The Balaban J connectivity index is 1.63. The van der Waals surface area contributed by atoms with Crippen LogP contribution in [-0.4, -0.2) is 16.7 Å². The van der Waals surface area contributed by atoms with Crippen molar-refractivity contribution >= 4 is 11.6 Å². The van der Waals surface area contributed by atoms with Crippen molar-refractivity contribution in [1.29, 1.82) is 0 Å². The number of halogens is 1. The third kappa shape index (κ3) is 4.62. The normalized spacial score (nSPS) is 12.1. The molecule has 136 valence electrons. The molecule has 0 aliphatic rings. The molecule has 0 saturated heterocycles. The summed E-state index contributed by atoms with van der Waals surface area (Å²) in [7, 11) is 0. The van der Waals surface area contributed by atoms with Crippen LogP contribution in [0.3, 0.4) is 0 Å². The number of aromatic nitrogens is 2. The van der Waals surface area contributed by atoms with E-state index in [-0.39, 0.29) is 6.04 Å². The standard InChI is InChI=1S/C20H22ClN3O2/c1-3-18(14-5-9-16(21)10-6-14)22-13-19-23-20(24-26-19)15-7-11-17(12-8-15)25-4-2/h5-12,18,22H,3-4,13H2,1-2H3. The highest BCUT2D eigenvalue weighted by atomic mass is 35.5. The average molecular weight is 372 g/mol. The van der Waals surface area contributed by atoms with Crippen molar-refractivity contribution < 1.29 is 9.26 Å². The molecule has 1 heterocycles. The molecule has 1 aromatic heterocycles. The second-order valence-corrected chi connectivity index (χ2v) is 6.30. The first-order valence-corrected chi connectivity index (χ1v) is 9.12. The van der Waals surface area contributed by atoms with Gasteiger partial charge in [0.05, 0.1) is 13.2 Å². The predicted molar refractivity (Wildman–Crippen MR) is 102 cm³/mol. The van der Waals surface area contributed by atoms with E-state index in [0.717, 1.165) is 22.8 Å². The highest BCUT2D eigenvalue weighted by molar-refractivity contribution is 6.30. The van der Waals surface area contributed by atoms with Crippen molar-refractivity contribution in [2.45, 2.75) is 32.9 Å². The number of hydrogen-bond donors (Lipinski definition) is 1. The van der Waals surface area contributed by atoms with E-state index in [1.807, 2.05) is 55.5 Å². The van der Waals surface area contributed by atoms with Gasteiger partial charge in [0.1, 0.15) is 5.75 Å². The predicted octanol–water partition coefficient (Wildman–Crippen LogP) is 5.03. The Bertz CT molecular complexity index is 816. The summed E-state index contributed by atoms with van der Waals surface area (Å²) in [6.07, 6.45) is 0.946. The van der Waals surface area contributed by atoms with E-state index in [4.69, 9.17) is 20.9 Å². The summed E-state index contributed by atoms with van der Waals surface area (Å²) in [4.78, 5) is 4.47. The Morgan fingerprint density at radius 3 is 2.46 bits per heavy atom. The molecule has 0 aliphatic carbocycles. The Morgan fingerprint density at radius 1 is 1.08 bits per heavy atom. The SMILES string of the molecule is CCOc1ccc(-c2noc(CNC(CC)c3ccc(Cl)cc3)n2)cc1. The molecule has 0 radical (unpaired) electrons. The van der Waals surface area contributed by atoms with Crippen LogP contribution in [0, 0.1) is 0 Å². The number of benzene rings is 2. The van der Waals surface area contributed by atoms with Crippen molar-refractivity contribution in [3.8, 4) is 17.1 Å². The molecule has 3 rings (SSSR count). The van der Waals surface area contributed by atoms with E-state index < -0.39 is 0 Å². The number of nitrogens with one attached hydrogen (secondary N) is 1. The van der Waals surface area contributed by atoms with Crippen molar-refractivity contribution in [3.63, 3.8) is 0 Å². The summed E-state index contributed by atoms with van der Waals surface area (Å²) in [5, 5.41) is 8.26. The first-order chi connectivity index (χ1) is 12.7. The molecule has 0 bridgehead atoms. The highest BCUT2D eigenvalue weighted by Gasteiger charge is 2.13. The van der Waals surface area contributed by atoms with Crippen LogP contribution in [0.1, 0.15) is 37.8 Å².